The fourth-order valence-corrected chi connectivity index (χ4v) is 3.69. The predicted octanol–water partition coefficient (Wildman–Crippen LogP) is 2.58. The molecule has 1 amide bonds. The Hall–Kier alpha value is -1.73. The number of rotatable bonds is 4. The van der Waals surface area contributed by atoms with Crippen LogP contribution in [0.2, 0.25) is 0 Å². The molecule has 1 aliphatic rings. The summed E-state index contributed by atoms with van der Waals surface area (Å²) in [6, 6.07) is 0.388. The summed E-state index contributed by atoms with van der Waals surface area (Å²) >= 11 is 1.48. The van der Waals surface area contributed by atoms with Crippen LogP contribution in [-0.2, 0) is 6.54 Å². The molecule has 1 saturated heterocycles. The van der Waals surface area contributed by atoms with Crippen LogP contribution in [0.1, 0.15) is 46.6 Å². The molecule has 130 valence electrons. The summed E-state index contributed by atoms with van der Waals surface area (Å²) in [5.41, 5.74) is 1.24. The molecule has 3 rings (SSSR count). The van der Waals surface area contributed by atoms with Gasteiger partial charge in [0.2, 0.25) is 0 Å². The molecule has 2 aromatic rings. The molecule has 6 nitrogen and oxygen atoms in total. The highest BCUT2D eigenvalue weighted by atomic mass is 32.1. The number of aryl methyl sites for hydroxylation is 1. The van der Waals surface area contributed by atoms with Crippen LogP contribution < -0.4 is 0 Å². The van der Waals surface area contributed by atoms with Crippen LogP contribution >= 0.6 is 11.3 Å². The Morgan fingerprint density at radius 3 is 2.75 bits per heavy atom. The van der Waals surface area contributed by atoms with Crippen molar-refractivity contribution in [2.24, 2.45) is 0 Å². The average molecular weight is 347 g/mol. The highest BCUT2D eigenvalue weighted by molar-refractivity contribution is 7.13. The lowest BCUT2D eigenvalue weighted by Gasteiger charge is -2.21. The van der Waals surface area contributed by atoms with Gasteiger partial charge in [0.15, 0.2) is 0 Å². The van der Waals surface area contributed by atoms with Crippen molar-refractivity contribution in [3.63, 3.8) is 0 Å². The quantitative estimate of drug-likeness (QED) is 0.853. The molecule has 0 unspecified atom stereocenters. The Labute approximate surface area is 147 Å². The summed E-state index contributed by atoms with van der Waals surface area (Å²) in [5.74, 6) is 0.120. The molecule has 0 saturated carbocycles. The smallest absolute Gasteiger partial charge is 0.265 e. The van der Waals surface area contributed by atoms with E-state index in [2.05, 4.69) is 35.0 Å². The summed E-state index contributed by atoms with van der Waals surface area (Å²) in [6.45, 7) is 10.6. The monoisotopic (exact) mass is 347 g/mol. The van der Waals surface area contributed by atoms with Gasteiger partial charge in [-0.15, -0.1) is 11.3 Å². The lowest BCUT2D eigenvalue weighted by molar-refractivity contribution is 0.0765. The average Bonchev–Trinajstić information content (AvgIpc) is 3.12. The Morgan fingerprint density at radius 1 is 1.25 bits per heavy atom. The van der Waals surface area contributed by atoms with Gasteiger partial charge in [0.1, 0.15) is 4.88 Å². The fraction of sp³-hybridized carbons (Fsp3) is 0.588. The molecule has 0 bridgehead atoms. The number of hydrogen-bond donors (Lipinski definition) is 0. The van der Waals surface area contributed by atoms with Crippen LogP contribution in [0.5, 0.6) is 0 Å². The van der Waals surface area contributed by atoms with Crippen molar-refractivity contribution < 1.29 is 4.79 Å². The number of amides is 1. The second-order valence-electron chi connectivity index (χ2n) is 6.59. The van der Waals surface area contributed by atoms with Gasteiger partial charge >= 0.3 is 0 Å². The first-order valence-electron chi connectivity index (χ1n) is 8.50. The summed E-state index contributed by atoms with van der Waals surface area (Å²) in [7, 11) is 0. The molecule has 0 atom stereocenters. The highest BCUT2D eigenvalue weighted by Crippen LogP contribution is 2.16. The number of nitrogens with zero attached hydrogens (tertiary/aromatic N) is 5. The van der Waals surface area contributed by atoms with Gasteiger partial charge in [0.25, 0.3) is 5.91 Å². The van der Waals surface area contributed by atoms with E-state index in [4.69, 9.17) is 0 Å². The summed E-state index contributed by atoms with van der Waals surface area (Å²) in [6.07, 6.45) is 6.78. The van der Waals surface area contributed by atoms with Gasteiger partial charge in [-0.2, -0.15) is 5.10 Å². The van der Waals surface area contributed by atoms with Gasteiger partial charge in [0, 0.05) is 50.5 Å². The Kier molecular flexibility index (Phi) is 5.30. The van der Waals surface area contributed by atoms with E-state index in [1.807, 2.05) is 22.7 Å². The highest BCUT2D eigenvalue weighted by Gasteiger charge is 2.22. The predicted molar refractivity (Wildman–Crippen MR) is 95.3 cm³/mol. The van der Waals surface area contributed by atoms with E-state index in [0.717, 1.165) is 49.0 Å². The molecule has 3 heterocycles. The molecule has 1 aliphatic heterocycles. The van der Waals surface area contributed by atoms with Crippen molar-refractivity contribution in [3.05, 3.63) is 34.0 Å². The minimum absolute atomic E-state index is 0.120. The molecule has 0 aromatic carbocycles. The molecule has 0 spiro atoms. The lowest BCUT2D eigenvalue weighted by atomic mass is 10.3. The van der Waals surface area contributed by atoms with Gasteiger partial charge in [-0.05, 0) is 27.2 Å². The molecule has 2 aromatic heterocycles. The molecule has 0 radical (unpaired) electrons. The summed E-state index contributed by atoms with van der Waals surface area (Å²) in [4.78, 5) is 21.9. The van der Waals surface area contributed by atoms with E-state index in [1.165, 1.54) is 16.9 Å². The number of carbonyl (C=O) groups excluding carboxylic acids is 1. The first-order valence-corrected chi connectivity index (χ1v) is 9.31. The number of aromatic nitrogens is 3. The first kappa shape index (κ1) is 17.1. The fourth-order valence-electron chi connectivity index (χ4n) is 2.95. The summed E-state index contributed by atoms with van der Waals surface area (Å²) in [5, 5.41) is 5.35. The Bertz CT molecular complexity index is 693. The van der Waals surface area contributed by atoms with Gasteiger partial charge in [0.05, 0.1) is 17.4 Å². The molecule has 0 N–H and O–H groups in total. The molecule has 0 aliphatic carbocycles. The Morgan fingerprint density at radius 2 is 2.08 bits per heavy atom. The van der Waals surface area contributed by atoms with Crippen LogP contribution in [0.25, 0.3) is 0 Å². The van der Waals surface area contributed by atoms with Crippen molar-refractivity contribution in [1.29, 1.82) is 0 Å². The SMILES string of the molecule is Cc1ncc(C(=O)N2CCCN(Cc3cnn(C(C)C)c3)CC2)s1. The minimum atomic E-state index is 0.120. The maximum Gasteiger partial charge on any atom is 0.265 e. The third kappa shape index (κ3) is 4.02. The van der Waals surface area contributed by atoms with Crippen LogP contribution in [0.4, 0.5) is 0 Å². The van der Waals surface area contributed by atoms with Gasteiger partial charge in [-0.1, -0.05) is 0 Å². The largest absolute Gasteiger partial charge is 0.337 e. The molecule has 24 heavy (non-hydrogen) atoms. The van der Waals surface area contributed by atoms with Crippen molar-refractivity contribution in [2.45, 2.75) is 39.8 Å². The Balaban J connectivity index is 1.57. The van der Waals surface area contributed by atoms with Crippen molar-refractivity contribution in [2.75, 3.05) is 26.2 Å². The maximum atomic E-state index is 12.6. The zero-order valence-corrected chi connectivity index (χ0v) is 15.4. The van der Waals surface area contributed by atoms with E-state index >= 15 is 0 Å². The van der Waals surface area contributed by atoms with Crippen LogP contribution in [-0.4, -0.2) is 56.7 Å². The van der Waals surface area contributed by atoms with Crippen molar-refractivity contribution >= 4 is 17.2 Å². The summed E-state index contributed by atoms with van der Waals surface area (Å²) < 4.78 is 2.00. The minimum Gasteiger partial charge on any atom is -0.337 e. The third-order valence-electron chi connectivity index (χ3n) is 4.30. The van der Waals surface area contributed by atoms with Gasteiger partial charge in [-0.3, -0.25) is 14.4 Å². The van der Waals surface area contributed by atoms with Crippen LogP contribution in [0.15, 0.2) is 18.6 Å². The molecular formula is C17H25N5OS. The van der Waals surface area contributed by atoms with E-state index in [9.17, 15) is 4.79 Å². The number of hydrogen-bond acceptors (Lipinski definition) is 5. The van der Waals surface area contributed by atoms with Gasteiger partial charge < -0.3 is 4.90 Å². The molecular weight excluding hydrogens is 322 g/mol. The van der Waals surface area contributed by atoms with E-state index in [1.54, 1.807) is 6.20 Å². The van der Waals surface area contributed by atoms with Crippen LogP contribution in [0.3, 0.4) is 0 Å². The van der Waals surface area contributed by atoms with Gasteiger partial charge in [-0.25, -0.2) is 4.98 Å². The zero-order valence-electron chi connectivity index (χ0n) is 14.6. The van der Waals surface area contributed by atoms with E-state index in [-0.39, 0.29) is 5.91 Å². The van der Waals surface area contributed by atoms with Crippen molar-refractivity contribution in [1.82, 2.24) is 24.6 Å². The van der Waals surface area contributed by atoms with Crippen LogP contribution in [0, 0.1) is 6.92 Å². The van der Waals surface area contributed by atoms with E-state index in [0.29, 0.717) is 6.04 Å². The lowest BCUT2D eigenvalue weighted by Crippen LogP contribution is -2.34. The topological polar surface area (TPSA) is 54.3 Å². The van der Waals surface area contributed by atoms with Crippen molar-refractivity contribution in [3.8, 4) is 0 Å². The standard InChI is InChI=1S/C17H25N5OS/c1-13(2)22-12-15(9-19-22)11-20-5-4-6-21(8-7-20)17(23)16-10-18-14(3)24-16/h9-10,12-13H,4-8,11H2,1-3H3. The zero-order chi connectivity index (χ0) is 17.1. The normalized spacial score (nSPS) is 16.6. The second-order valence-corrected chi connectivity index (χ2v) is 7.82. The molecule has 7 heteroatoms. The first-order chi connectivity index (χ1) is 11.5. The number of thiazole rings is 1. The second kappa shape index (κ2) is 7.44. The number of carbonyl (C=O) groups is 1. The molecule has 1 fully saturated rings. The van der Waals surface area contributed by atoms with E-state index < -0.39 is 0 Å². The third-order valence-corrected chi connectivity index (χ3v) is 5.20. The maximum absolute atomic E-state index is 12.6.